The third kappa shape index (κ3) is 3.86. The zero-order chi connectivity index (χ0) is 15.1. The SMILES string of the molecule is COc1cc(/C=N\NC(=O)[C@@H](C)O)cc(OC)c1OC. The van der Waals surface area contributed by atoms with Crippen LogP contribution in [0.5, 0.6) is 17.2 Å². The van der Waals surface area contributed by atoms with E-state index in [-0.39, 0.29) is 0 Å². The van der Waals surface area contributed by atoms with Crippen molar-refractivity contribution in [2.75, 3.05) is 21.3 Å². The Kier molecular flexibility index (Phi) is 5.79. The van der Waals surface area contributed by atoms with Gasteiger partial charge in [0.15, 0.2) is 11.5 Å². The molecule has 0 aliphatic heterocycles. The molecule has 0 unspecified atom stereocenters. The van der Waals surface area contributed by atoms with Crippen LogP contribution in [0, 0.1) is 0 Å². The van der Waals surface area contributed by atoms with E-state index in [9.17, 15) is 4.79 Å². The smallest absolute Gasteiger partial charge is 0.268 e. The fourth-order valence-corrected chi connectivity index (χ4v) is 1.44. The number of aliphatic hydroxyl groups is 1. The molecule has 1 aromatic carbocycles. The van der Waals surface area contributed by atoms with Crippen LogP contribution in [0.3, 0.4) is 0 Å². The molecule has 1 rings (SSSR count). The van der Waals surface area contributed by atoms with Crippen LogP contribution < -0.4 is 19.6 Å². The van der Waals surface area contributed by atoms with Crippen molar-refractivity contribution in [1.82, 2.24) is 5.43 Å². The summed E-state index contributed by atoms with van der Waals surface area (Å²) >= 11 is 0. The molecule has 7 nitrogen and oxygen atoms in total. The average Bonchev–Trinajstić information content (AvgIpc) is 2.45. The van der Waals surface area contributed by atoms with Gasteiger partial charge < -0.3 is 19.3 Å². The molecule has 1 aromatic rings. The van der Waals surface area contributed by atoms with Crippen LogP contribution in [0.1, 0.15) is 12.5 Å². The minimum Gasteiger partial charge on any atom is -0.493 e. The second kappa shape index (κ2) is 7.34. The lowest BCUT2D eigenvalue weighted by molar-refractivity contribution is -0.128. The Hall–Kier alpha value is -2.28. The monoisotopic (exact) mass is 282 g/mol. The molecule has 0 saturated heterocycles. The summed E-state index contributed by atoms with van der Waals surface area (Å²) in [6, 6.07) is 3.36. The Morgan fingerprint density at radius 3 is 2.20 bits per heavy atom. The third-order valence-corrected chi connectivity index (χ3v) is 2.45. The number of carbonyl (C=O) groups is 1. The zero-order valence-corrected chi connectivity index (χ0v) is 11.8. The molecule has 1 amide bonds. The van der Waals surface area contributed by atoms with Crippen LogP contribution in [-0.2, 0) is 4.79 Å². The minimum atomic E-state index is -1.12. The Morgan fingerprint density at radius 2 is 1.80 bits per heavy atom. The molecule has 20 heavy (non-hydrogen) atoms. The summed E-state index contributed by atoms with van der Waals surface area (Å²) in [4.78, 5) is 11.1. The normalized spacial score (nSPS) is 12.1. The summed E-state index contributed by atoms with van der Waals surface area (Å²) in [6.07, 6.45) is 0.289. The molecule has 7 heteroatoms. The third-order valence-electron chi connectivity index (χ3n) is 2.45. The Morgan fingerprint density at radius 1 is 1.25 bits per heavy atom. The molecule has 0 aliphatic carbocycles. The number of hydrogen-bond donors (Lipinski definition) is 2. The molecule has 0 spiro atoms. The van der Waals surface area contributed by atoms with Crippen LogP contribution >= 0.6 is 0 Å². The standard InChI is InChI=1S/C13H18N2O5/c1-8(16)13(17)15-14-7-9-5-10(18-2)12(20-4)11(6-9)19-3/h5-8,16H,1-4H3,(H,15,17)/b14-7-/t8-/m1/s1. The van der Waals surface area contributed by atoms with E-state index in [4.69, 9.17) is 19.3 Å². The summed E-state index contributed by atoms with van der Waals surface area (Å²) in [7, 11) is 4.53. The van der Waals surface area contributed by atoms with E-state index >= 15 is 0 Å². The molecule has 110 valence electrons. The van der Waals surface area contributed by atoms with Gasteiger partial charge in [-0.25, -0.2) is 5.43 Å². The second-order valence-electron chi connectivity index (χ2n) is 3.87. The van der Waals surface area contributed by atoms with Crippen LogP contribution in [0.15, 0.2) is 17.2 Å². The molecule has 0 radical (unpaired) electrons. The highest BCUT2D eigenvalue weighted by atomic mass is 16.5. The molecule has 0 bridgehead atoms. The lowest BCUT2D eigenvalue weighted by atomic mass is 10.2. The van der Waals surface area contributed by atoms with Crippen LogP contribution in [0.25, 0.3) is 0 Å². The first-order valence-electron chi connectivity index (χ1n) is 5.84. The van der Waals surface area contributed by atoms with Gasteiger partial charge in [-0.05, 0) is 19.1 Å². The van der Waals surface area contributed by atoms with E-state index in [1.807, 2.05) is 0 Å². The molecule has 0 fully saturated rings. The van der Waals surface area contributed by atoms with Crippen molar-refractivity contribution < 1.29 is 24.1 Å². The number of nitrogens with zero attached hydrogens (tertiary/aromatic N) is 1. The molecular weight excluding hydrogens is 264 g/mol. The summed E-state index contributed by atoms with van der Waals surface area (Å²) in [6.45, 7) is 1.35. The van der Waals surface area contributed by atoms with E-state index in [0.29, 0.717) is 22.8 Å². The predicted molar refractivity (Wildman–Crippen MR) is 73.5 cm³/mol. The molecule has 0 saturated carbocycles. The number of amides is 1. The fourth-order valence-electron chi connectivity index (χ4n) is 1.44. The number of hydrogen-bond acceptors (Lipinski definition) is 6. The highest BCUT2D eigenvalue weighted by molar-refractivity contribution is 5.85. The summed E-state index contributed by atoms with van der Waals surface area (Å²) in [5.41, 5.74) is 2.85. The van der Waals surface area contributed by atoms with E-state index in [2.05, 4.69) is 10.5 Å². The first kappa shape index (κ1) is 15.8. The maximum absolute atomic E-state index is 11.1. The van der Waals surface area contributed by atoms with Crippen molar-refractivity contribution in [2.24, 2.45) is 5.10 Å². The number of benzene rings is 1. The Balaban J connectivity index is 2.96. The van der Waals surface area contributed by atoms with Gasteiger partial charge in [-0.1, -0.05) is 0 Å². The van der Waals surface area contributed by atoms with Crippen molar-refractivity contribution in [3.8, 4) is 17.2 Å². The van der Waals surface area contributed by atoms with Crippen molar-refractivity contribution >= 4 is 12.1 Å². The number of hydrazone groups is 1. The lowest BCUT2D eigenvalue weighted by Crippen LogP contribution is -2.28. The first-order valence-corrected chi connectivity index (χ1v) is 5.84. The fraction of sp³-hybridized carbons (Fsp3) is 0.385. The predicted octanol–water partition coefficient (Wildman–Crippen LogP) is 0.543. The van der Waals surface area contributed by atoms with Crippen LogP contribution in [-0.4, -0.2) is 44.7 Å². The van der Waals surface area contributed by atoms with E-state index in [0.717, 1.165) is 0 Å². The van der Waals surface area contributed by atoms with Gasteiger partial charge in [0.05, 0.1) is 27.5 Å². The van der Waals surface area contributed by atoms with Gasteiger partial charge in [0.25, 0.3) is 5.91 Å². The Bertz CT molecular complexity index is 475. The summed E-state index contributed by atoms with van der Waals surface area (Å²) in [5, 5.41) is 12.7. The highest BCUT2D eigenvalue weighted by Crippen LogP contribution is 2.37. The molecule has 2 N–H and O–H groups in total. The molecule has 1 atom stereocenters. The molecular formula is C13H18N2O5. The zero-order valence-electron chi connectivity index (χ0n) is 11.8. The highest BCUT2D eigenvalue weighted by Gasteiger charge is 2.12. The van der Waals surface area contributed by atoms with Gasteiger partial charge in [0, 0.05) is 5.56 Å². The quantitative estimate of drug-likeness (QED) is 0.587. The van der Waals surface area contributed by atoms with E-state index in [1.165, 1.54) is 34.5 Å². The van der Waals surface area contributed by atoms with Crippen molar-refractivity contribution in [2.45, 2.75) is 13.0 Å². The summed E-state index contributed by atoms with van der Waals surface area (Å²) < 4.78 is 15.6. The van der Waals surface area contributed by atoms with Crippen LogP contribution in [0.4, 0.5) is 0 Å². The number of nitrogens with one attached hydrogen (secondary N) is 1. The molecule has 0 aromatic heterocycles. The number of carbonyl (C=O) groups excluding carboxylic acids is 1. The van der Waals surface area contributed by atoms with E-state index in [1.54, 1.807) is 12.1 Å². The Labute approximate surface area is 117 Å². The van der Waals surface area contributed by atoms with E-state index < -0.39 is 12.0 Å². The van der Waals surface area contributed by atoms with Crippen molar-refractivity contribution in [3.05, 3.63) is 17.7 Å². The molecule has 0 aliphatic rings. The van der Waals surface area contributed by atoms with Gasteiger partial charge in [0.1, 0.15) is 6.10 Å². The maximum Gasteiger partial charge on any atom is 0.268 e. The molecule has 0 heterocycles. The largest absolute Gasteiger partial charge is 0.493 e. The van der Waals surface area contributed by atoms with Crippen molar-refractivity contribution in [3.63, 3.8) is 0 Å². The van der Waals surface area contributed by atoms with Gasteiger partial charge in [-0.2, -0.15) is 5.10 Å². The number of ether oxygens (including phenoxy) is 3. The minimum absolute atomic E-state index is 0.472. The number of rotatable bonds is 6. The van der Waals surface area contributed by atoms with Gasteiger partial charge in [0.2, 0.25) is 5.75 Å². The van der Waals surface area contributed by atoms with Gasteiger partial charge in [-0.15, -0.1) is 0 Å². The van der Waals surface area contributed by atoms with Crippen LogP contribution in [0.2, 0.25) is 0 Å². The summed E-state index contributed by atoms with van der Waals surface area (Å²) in [5.74, 6) is 0.846. The average molecular weight is 282 g/mol. The number of methoxy groups -OCH3 is 3. The lowest BCUT2D eigenvalue weighted by Gasteiger charge is -2.12. The second-order valence-corrected chi connectivity index (χ2v) is 3.87. The van der Waals surface area contributed by atoms with Gasteiger partial charge in [-0.3, -0.25) is 4.79 Å². The first-order chi connectivity index (χ1) is 9.53. The number of aliphatic hydroxyl groups excluding tert-OH is 1. The topological polar surface area (TPSA) is 89.4 Å². The maximum atomic E-state index is 11.1. The van der Waals surface area contributed by atoms with Gasteiger partial charge >= 0.3 is 0 Å². The van der Waals surface area contributed by atoms with Crippen molar-refractivity contribution in [1.29, 1.82) is 0 Å².